The molecule has 15 nitrogen and oxygen atoms in total. The van der Waals surface area contributed by atoms with Crippen molar-refractivity contribution < 1.29 is 44.8 Å². The van der Waals surface area contributed by atoms with E-state index < -0.39 is 56.8 Å². The predicted octanol–water partition coefficient (Wildman–Crippen LogP) is 6.27. The number of rotatable bonds is 11. The molecule has 0 aromatic heterocycles. The summed E-state index contributed by atoms with van der Waals surface area (Å²) in [6.07, 6.45) is 0. The minimum atomic E-state index is -5.05. The van der Waals surface area contributed by atoms with E-state index in [1.165, 1.54) is 39.2 Å². The van der Waals surface area contributed by atoms with Crippen LogP contribution in [0.15, 0.2) is 83.7 Å². The van der Waals surface area contributed by atoms with Gasteiger partial charge in [-0.1, -0.05) is 13.8 Å². The zero-order valence-corrected chi connectivity index (χ0v) is 28.2. The van der Waals surface area contributed by atoms with Crippen molar-refractivity contribution in [2.24, 2.45) is 20.5 Å². The van der Waals surface area contributed by atoms with Gasteiger partial charge in [-0.05, 0) is 55.0 Å². The van der Waals surface area contributed by atoms with Crippen molar-refractivity contribution >= 4 is 69.0 Å². The zero-order valence-electron chi connectivity index (χ0n) is 25.7. The summed E-state index contributed by atoms with van der Waals surface area (Å²) < 4.78 is 88.5. The monoisotopic (exact) mass is 705 g/mol. The second-order valence-corrected chi connectivity index (χ2v) is 15.9. The van der Waals surface area contributed by atoms with Gasteiger partial charge >= 0.3 is 0 Å². The summed E-state index contributed by atoms with van der Waals surface area (Å²) >= 11 is 0. The number of ether oxygens (including phenoxy) is 1. The molecule has 18 heteroatoms. The molecule has 0 aliphatic heterocycles. The van der Waals surface area contributed by atoms with Gasteiger partial charge in [0.25, 0.3) is 10.1 Å². The van der Waals surface area contributed by atoms with E-state index in [0.717, 1.165) is 6.07 Å². The molecule has 0 fully saturated rings. The van der Waals surface area contributed by atoms with Crippen LogP contribution in [0.5, 0.6) is 17.2 Å². The number of nitrogens with zero attached hydrogens (tertiary/aromatic N) is 4. The van der Waals surface area contributed by atoms with Crippen molar-refractivity contribution in [3.63, 3.8) is 0 Å². The Kier molecular flexibility index (Phi) is 9.91. The van der Waals surface area contributed by atoms with Crippen molar-refractivity contribution in [3.8, 4) is 17.2 Å². The number of anilines is 1. The summed E-state index contributed by atoms with van der Waals surface area (Å²) in [4.78, 5) is -1.48. The molecule has 47 heavy (non-hydrogen) atoms. The van der Waals surface area contributed by atoms with Crippen LogP contribution in [0.2, 0.25) is 0 Å². The SMILES string of the molecule is CCS(=O)(=O)c1cc(/N=N/c2ccc3c(/N=N/c4cc(C)c(S(=O)(=O)CC)cc4OC)c(NC)ccc3c2O)c(O)c(S(=O)(=O)O)c1. The van der Waals surface area contributed by atoms with E-state index in [0.29, 0.717) is 28.4 Å². The lowest BCUT2D eigenvalue weighted by Gasteiger charge is -2.12. The van der Waals surface area contributed by atoms with Crippen LogP contribution in [-0.2, 0) is 29.8 Å². The first-order valence-corrected chi connectivity index (χ1v) is 18.5. The molecule has 0 amide bonds. The average Bonchev–Trinajstić information content (AvgIpc) is 3.02. The number of hydrogen-bond acceptors (Lipinski definition) is 14. The molecule has 4 rings (SSSR count). The molecule has 0 aliphatic rings. The van der Waals surface area contributed by atoms with Crippen molar-refractivity contribution in [1.29, 1.82) is 0 Å². The topological polar surface area (TPSA) is 234 Å². The van der Waals surface area contributed by atoms with Crippen LogP contribution in [0.1, 0.15) is 19.4 Å². The normalized spacial score (nSPS) is 12.7. The number of aromatic hydroxyl groups is 2. The molecule has 0 bridgehead atoms. The summed E-state index contributed by atoms with van der Waals surface area (Å²) in [7, 11) is -9.54. The average molecular weight is 706 g/mol. The van der Waals surface area contributed by atoms with Gasteiger partial charge in [0, 0.05) is 23.9 Å². The van der Waals surface area contributed by atoms with E-state index in [1.807, 2.05) is 0 Å². The van der Waals surface area contributed by atoms with Crippen LogP contribution in [0.25, 0.3) is 10.8 Å². The lowest BCUT2D eigenvalue weighted by Crippen LogP contribution is -2.06. The number of hydrogen-bond donors (Lipinski definition) is 4. The van der Waals surface area contributed by atoms with Crippen LogP contribution in [-0.4, -0.2) is 65.7 Å². The fraction of sp³-hybridized carbons (Fsp3) is 0.241. The van der Waals surface area contributed by atoms with Crippen molar-refractivity contribution in [1.82, 2.24) is 0 Å². The molecule has 0 saturated heterocycles. The van der Waals surface area contributed by atoms with E-state index in [4.69, 9.17) is 4.74 Å². The lowest BCUT2D eigenvalue weighted by atomic mass is 10.1. The highest BCUT2D eigenvalue weighted by Crippen LogP contribution is 2.44. The van der Waals surface area contributed by atoms with Gasteiger partial charge in [0.05, 0.1) is 34.1 Å². The van der Waals surface area contributed by atoms with Gasteiger partial charge in [0.2, 0.25) is 0 Å². The molecular formula is C29H31N5O10S3. The number of phenolic OH excluding ortho intramolecular Hbond substituents is 2. The lowest BCUT2D eigenvalue weighted by molar-refractivity contribution is 0.414. The smallest absolute Gasteiger partial charge is 0.298 e. The van der Waals surface area contributed by atoms with E-state index in [1.54, 1.807) is 32.2 Å². The fourth-order valence-electron chi connectivity index (χ4n) is 4.54. The molecule has 0 atom stereocenters. The molecule has 0 heterocycles. The minimum Gasteiger partial charge on any atom is -0.505 e. The zero-order chi connectivity index (χ0) is 34.9. The van der Waals surface area contributed by atoms with Gasteiger partial charge in [-0.2, -0.15) is 8.42 Å². The van der Waals surface area contributed by atoms with Gasteiger partial charge in [0.15, 0.2) is 31.2 Å². The van der Waals surface area contributed by atoms with Crippen molar-refractivity contribution in [2.75, 3.05) is 31.0 Å². The van der Waals surface area contributed by atoms with Crippen LogP contribution in [0.4, 0.5) is 28.4 Å². The van der Waals surface area contributed by atoms with E-state index >= 15 is 0 Å². The molecule has 0 radical (unpaired) electrons. The van der Waals surface area contributed by atoms with Gasteiger partial charge in [-0.15, -0.1) is 20.5 Å². The third kappa shape index (κ3) is 7.04. The number of fused-ring (bicyclic) bond motifs is 1. The Hall–Kier alpha value is -4.65. The number of azo groups is 2. The summed E-state index contributed by atoms with van der Waals surface area (Å²) in [6, 6.07) is 10.5. The second-order valence-electron chi connectivity index (χ2n) is 10.0. The van der Waals surface area contributed by atoms with Gasteiger partial charge in [-0.3, -0.25) is 4.55 Å². The maximum absolute atomic E-state index is 12.5. The first-order valence-electron chi connectivity index (χ1n) is 13.8. The minimum absolute atomic E-state index is 0.0929. The first kappa shape index (κ1) is 35.2. The quantitative estimate of drug-likeness (QED) is 0.100. The highest BCUT2D eigenvalue weighted by molar-refractivity contribution is 7.91. The van der Waals surface area contributed by atoms with Gasteiger partial charge in [0.1, 0.15) is 33.4 Å². The Labute approximate surface area is 271 Å². The highest BCUT2D eigenvalue weighted by atomic mass is 32.2. The predicted molar refractivity (Wildman–Crippen MR) is 175 cm³/mol. The molecule has 250 valence electrons. The van der Waals surface area contributed by atoms with Gasteiger partial charge in [-0.25, -0.2) is 16.8 Å². The molecule has 4 aromatic carbocycles. The number of phenols is 2. The Balaban J connectivity index is 1.83. The molecule has 0 saturated carbocycles. The first-order chi connectivity index (χ1) is 22.0. The van der Waals surface area contributed by atoms with E-state index in [-0.39, 0.29) is 38.9 Å². The standard InChI is InChI=1S/C29H31N5O10S3/c1-6-45(37,38)17-13-23(29(36)26(14-17)47(41,42)43)33-31-21-11-8-18-19(28(21)35)9-10-20(30-4)27(18)34-32-22-12-16(3)25(15-24(22)44-5)46(39,40)7-2/h8-15,30,35-36H,6-7H2,1-5H3,(H,41,42,43)/b33-31+,34-32+. The Morgan fingerprint density at radius 2 is 1.34 bits per heavy atom. The summed E-state index contributed by atoms with van der Waals surface area (Å²) in [5.74, 6) is -1.75. The summed E-state index contributed by atoms with van der Waals surface area (Å²) in [5.41, 5.74) is 0.792. The van der Waals surface area contributed by atoms with Gasteiger partial charge < -0.3 is 20.3 Å². The van der Waals surface area contributed by atoms with Crippen LogP contribution in [0.3, 0.4) is 0 Å². The Morgan fingerprint density at radius 3 is 1.94 bits per heavy atom. The Bertz CT molecular complexity index is 2290. The number of aryl methyl sites for hydroxylation is 1. The number of benzene rings is 4. The third-order valence-electron chi connectivity index (χ3n) is 7.15. The van der Waals surface area contributed by atoms with Crippen molar-refractivity contribution in [3.05, 3.63) is 54.1 Å². The van der Waals surface area contributed by atoms with Crippen molar-refractivity contribution in [2.45, 2.75) is 35.5 Å². The van der Waals surface area contributed by atoms with E-state index in [9.17, 15) is 40.0 Å². The van der Waals surface area contributed by atoms with Crippen LogP contribution < -0.4 is 10.1 Å². The van der Waals surface area contributed by atoms with E-state index in [2.05, 4.69) is 25.8 Å². The number of nitrogens with one attached hydrogen (secondary N) is 1. The summed E-state index contributed by atoms with van der Waals surface area (Å²) in [5, 5.41) is 41.6. The number of sulfone groups is 2. The maximum atomic E-state index is 12.5. The highest BCUT2D eigenvalue weighted by Gasteiger charge is 2.25. The molecule has 0 unspecified atom stereocenters. The third-order valence-corrected chi connectivity index (χ3v) is 11.6. The second kappa shape index (κ2) is 13.2. The molecule has 0 aliphatic carbocycles. The molecular weight excluding hydrogens is 675 g/mol. The van der Waals surface area contributed by atoms with Crippen LogP contribution >= 0.6 is 0 Å². The number of methoxy groups -OCH3 is 1. The summed E-state index contributed by atoms with van der Waals surface area (Å²) in [6.45, 7) is 4.50. The molecule has 4 aromatic rings. The largest absolute Gasteiger partial charge is 0.505 e. The molecule has 4 N–H and O–H groups in total. The molecule has 0 spiro atoms. The Morgan fingerprint density at radius 1 is 0.723 bits per heavy atom. The van der Waals surface area contributed by atoms with Crippen LogP contribution in [0, 0.1) is 6.92 Å². The fourth-order valence-corrected chi connectivity index (χ4v) is 7.31. The maximum Gasteiger partial charge on any atom is 0.298 e.